The molecule has 0 saturated heterocycles. The number of benzene rings is 1. The first-order valence-electron chi connectivity index (χ1n) is 5.09. The van der Waals surface area contributed by atoms with Crippen LogP contribution in [0.3, 0.4) is 0 Å². The number of nitro groups is 1. The number of hydrogen-bond donors (Lipinski definition) is 1. The number of carbonyl (C=O) groups is 1. The fourth-order valence-corrected chi connectivity index (χ4v) is 1.60. The number of carbonyl (C=O) groups excluding carboxylic acids is 1. The lowest BCUT2D eigenvalue weighted by Gasteiger charge is -2.20. The molecule has 1 amide bonds. The molecule has 0 radical (unpaired) electrons. The zero-order valence-corrected chi connectivity index (χ0v) is 12.2. The molecule has 18 heavy (non-hydrogen) atoms. The lowest BCUT2D eigenvalue weighted by Crippen LogP contribution is -2.32. The van der Waals surface area contributed by atoms with Gasteiger partial charge in [0.25, 0.3) is 5.69 Å². The maximum Gasteiger partial charge on any atom is 0.285 e. The van der Waals surface area contributed by atoms with E-state index in [1.165, 1.54) is 12.1 Å². The van der Waals surface area contributed by atoms with Crippen molar-refractivity contribution in [2.24, 2.45) is 5.41 Å². The summed E-state index contributed by atoms with van der Waals surface area (Å²) in [4.78, 5) is 22.1. The van der Waals surface area contributed by atoms with E-state index in [4.69, 9.17) is 11.6 Å². The van der Waals surface area contributed by atoms with Crippen LogP contribution in [0.15, 0.2) is 22.7 Å². The smallest absolute Gasteiger partial charge is 0.285 e. The monoisotopic (exact) mass is 334 g/mol. The van der Waals surface area contributed by atoms with Crippen LogP contribution in [0.1, 0.15) is 13.8 Å². The average molecular weight is 336 g/mol. The van der Waals surface area contributed by atoms with Crippen molar-refractivity contribution in [3.8, 4) is 0 Å². The van der Waals surface area contributed by atoms with Crippen LogP contribution in [0.25, 0.3) is 0 Å². The van der Waals surface area contributed by atoms with Crippen LogP contribution in [0.4, 0.5) is 11.4 Å². The van der Waals surface area contributed by atoms with Crippen LogP contribution in [0, 0.1) is 15.5 Å². The van der Waals surface area contributed by atoms with Crippen molar-refractivity contribution in [3.05, 3.63) is 32.8 Å². The second-order valence-corrected chi connectivity index (χ2v) is 5.52. The molecular formula is C11H12BrClN2O3. The number of nitrogens with zero attached hydrogens (tertiary/aromatic N) is 1. The van der Waals surface area contributed by atoms with E-state index in [0.29, 0.717) is 10.2 Å². The highest BCUT2D eigenvalue weighted by atomic mass is 79.9. The molecule has 0 saturated carbocycles. The van der Waals surface area contributed by atoms with E-state index in [2.05, 4.69) is 21.2 Å². The summed E-state index contributed by atoms with van der Waals surface area (Å²) in [5, 5.41) is 13.4. The van der Waals surface area contributed by atoms with Gasteiger partial charge in [0.05, 0.1) is 14.8 Å². The molecule has 1 rings (SSSR count). The maximum atomic E-state index is 11.9. The summed E-state index contributed by atoms with van der Waals surface area (Å²) in [6, 6.07) is 4.40. The van der Waals surface area contributed by atoms with E-state index >= 15 is 0 Å². The lowest BCUT2D eigenvalue weighted by atomic mass is 9.95. The number of anilines is 1. The number of hydrogen-bond acceptors (Lipinski definition) is 3. The minimum absolute atomic E-state index is 0.100. The third-order valence-corrected chi connectivity index (χ3v) is 3.69. The molecule has 0 bridgehead atoms. The Kier molecular flexibility index (Phi) is 4.70. The number of halogens is 2. The largest absolute Gasteiger partial charge is 0.325 e. The molecule has 0 aromatic heterocycles. The second-order valence-electron chi connectivity index (χ2n) is 4.39. The number of nitrogens with one attached hydrogen (secondary N) is 1. The van der Waals surface area contributed by atoms with Crippen molar-refractivity contribution < 1.29 is 9.72 Å². The Morgan fingerprint density at radius 3 is 2.67 bits per heavy atom. The van der Waals surface area contributed by atoms with Gasteiger partial charge in [0.15, 0.2) is 0 Å². The molecule has 5 nitrogen and oxygen atoms in total. The summed E-state index contributed by atoms with van der Waals surface area (Å²) in [5.41, 5.74) is -0.465. The van der Waals surface area contributed by atoms with E-state index in [9.17, 15) is 14.9 Å². The van der Waals surface area contributed by atoms with Gasteiger partial charge in [0.1, 0.15) is 0 Å². The van der Waals surface area contributed by atoms with Crippen molar-refractivity contribution >= 4 is 44.8 Å². The molecule has 0 aliphatic heterocycles. The molecule has 0 spiro atoms. The molecule has 0 aliphatic carbocycles. The average Bonchev–Trinajstić information content (AvgIpc) is 2.31. The van der Waals surface area contributed by atoms with Gasteiger partial charge in [-0.05, 0) is 41.9 Å². The van der Waals surface area contributed by atoms with Crippen molar-refractivity contribution in [3.63, 3.8) is 0 Å². The van der Waals surface area contributed by atoms with Gasteiger partial charge < -0.3 is 5.32 Å². The summed E-state index contributed by atoms with van der Waals surface area (Å²) in [6.45, 7) is 3.39. The lowest BCUT2D eigenvalue weighted by molar-refractivity contribution is -0.385. The molecular weight excluding hydrogens is 323 g/mol. The predicted octanol–water partition coefficient (Wildman–Crippen LogP) is 3.56. The summed E-state index contributed by atoms with van der Waals surface area (Å²) in [5.74, 6) is -0.119. The Bertz CT molecular complexity index is 491. The first kappa shape index (κ1) is 14.9. The van der Waals surface area contributed by atoms with Crippen molar-refractivity contribution in [1.29, 1.82) is 0 Å². The Morgan fingerprint density at radius 1 is 1.56 bits per heavy atom. The standard InChI is InChI=1S/C11H12BrClN2O3/c1-11(2,6-13)10(16)14-7-3-4-8(12)9(5-7)15(17)18/h3-5H,6H2,1-2H3,(H,14,16). The van der Waals surface area contributed by atoms with Crippen LogP contribution in [-0.2, 0) is 4.79 Å². The summed E-state index contributed by atoms with van der Waals surface area (Å²) in [7, 11) is 0. The van der Waals surface area contributed by atoms with Gasteiger partial charge >= 0.3 is 0 Å². The Hall–Kier alpha value is -1.14. The molecule has 0 fully saturated rings. The summed E-state index contributed by atoms with van der Waals surface area (Å²) < 4.78 is 0.363. The van der Waals surface area contributed by atoms with Gasteiger partial charge in [0, 0.05) is 17.6 Å². The van der Waals surface area contributed by atoms with Crippen LogP contribution in [0.5, 0.6) is 0 Å². The van der Waals surface area contributed by atoms with Crippen molar-refractivity contribution in [2.45, 2.75) is 13.8 Å². The van der Waals surface area contributed by atoms with Crippen molar-refractivity contribution in [1.82, 2.24) is 0 Å². The van der Waals surface area contributed by atoms with Crippen LogP contribution >= 0.6 is 27.5 Å². The van der Waals surface area contributed by atoms with Gasteiger partial charge in [-0.15, -0.1) is 11.6 Å². The Labute approximate surface area is 118 Å². The Balaban J connectivity index is 2.96. The van der Waals surface area contributed by atoms with Gasteiger partial charge in [-0.2, -0.15) is 0 Å². The van der Waals surface area contributed by atoms with E-state index in [-0.39, 0.29) is 17.5 Å². The third kappa shape index (κ3) is 3.43. The summed E-state index contributed by atoms with van der Waals surface area (Å²) >= 11 is 8.76. The highest BCUT2D eigenvalue weighted by Gasteiger charge is 2.27. The zero-order valence-electron chi connectivity index (χ0n) is 9.87. The van der Waals surface area contributed by atoms with Gasteiger partial charge in [0.2, 0.25) is 5.91 Å². The minimum Gasteiger partial charge on any atom is -0.325 e. The quantitative estimate of drug-likeness (QED) is 0.519. The highest BCUT2D eigenvalue weighted by Crippen LogP contribution is 2.29. The molecule has 1 aromatic rings. The first-order valence-corrected chi connectivity index (χ1v) is 6.42. The molecule has 7 heteroatoms. The molecule has 0 unspecified atom stereocenters. The van der Waals surface area contributed by atoms with E-state index in [1.54, 1.807) is 19.9 Å². The number of rotatable bonds is 4. The number of amides is 1. The fraction of sp³-hybridized carbons (Fsp3) is 0.364. The number of alkyl halides is 1. The van der Waals surface area contributed by atoms with E-state index in [1.807, 2.05) is 0 Å². The fourth-order valence-electron chi connectivity index (χ4n) is 1.09. The van der Waals surface area contributed by atoms with E-state index < -0.39 is 10.3 Å². The van der Waals surface area contributed by atoms with Crippen LogP contribution < -0.4 is 5.32 Å². The molecule has 1 N–H and O–H groups in total. The van der Waals surface area contributed by atoms with E-state index in [0.717, 1.165) is 0 Å². The van der Waals surface area contributed by atoms with Gasteiger partial charge in [-0.3, -0.25) is 14.9 Å². The Morgan fingerprint density at radius 2 is 2.17 bits per heavy atom. The topological polar surface area (TPSA) is 72.2 Å². The highest BCUT2D eigenvalue weighted by molar-refractivity contribution is 9.10. The van der Waals surface area contributed by atoms with Gasteiger partial charge in [-0.1, -0.05) is 0 Å². The third-order valence-electron chi connectivity index (χ3n) is 2.35. The maximum absolute atomic E-state index is 11.9. The predicted molar refractivity (Wildman–Crippen MR) is 73.9 cm³/mol. The minimum atomic E-state index is -0.733. The zero-order chi connectivity index (χ0) is 13.9. The molecule has 98 valence electrons. The van der Waals surface area contributed by atoms with Crippen LogP contribution in [-0.4, -0.2) is 16.7 Å². The second kappa shape index (κ2) is 5.67. The summed E-state index contributed by atoms with van der Waals surface area (Å²) in [6.07, 6.45) is 0. The normalized spacial score (nSPS) is 11.1. The molecule has 0 atom stereocenters. The molecule has 1 aromatic carbocycles. The molecule has 0 aliphatic rings. The molecule has 0 heterocycles. The van der Waals surface area contributed by atoms with Crippen molar-refractivity contribution in [2.75, 3.05) is 11.2 Å². The number of nitro benzene ring substituents is 1. The SMILES string of the molecule is CC(C)(CCl)C(=O)Nc1ccc(Br)c([N+](=O)[O-])c1. The first-order chi connectivity index (χ1) is 8.27. The van der Waals surface area contributed by atoms with Gasteiger partial charge in [-0.25, -0.2) is 0 Å². The van der Waals surface area contributed by atoms with Crippen LogP contribution in [0.2, 0.25) is 0 Å².